The van der Waals surface area contributed by atoms with E-state index in [1.54, 1.807) is 23.9 Å². The van der Waals surface area contributed by atoms with Crippen LogP contribution in [0.5, 0.6) is 0 Å². The second-order valence-electron chi connectivity index (χ2n) is 3.86. The van der Waals surface area contributed by atoms with Crippen molar-refractivity contribution in [2.75, 3.05) is 5.75 Å². The predicted molar refractivity (Wildman–Crippen MR) is 65.6 cm³/mol. The van der Waals surface area contributed by atoms with Gasteiger partial charge in [0.05, 0.1) is 10.3 Å². The maximum Gasteiger partial charge on any atom is 0.150 e. The van der Waals surface area contributed by atoms with Gasteiger partial charge in [-0.05, 0) is 30.2 Å². The summed E-state index contributed by atoms with van der Waals surface area (Å²) in [7, 11) is 0. The van der Waals surface area contributed by atoms with Crippen LogP contribution >= 0.6 is 23.4 Å². The monoisotopic (exact) mass is 258 g/mol. The van der Waals surface area contributed by atoms with Crippen LogP contribution in [0.25, 0.3) is 0 Å². The van der Waals surface area contributed by atoms with Gasteiger partial charge in [-0.3, -0.25) is 4.79 Å². The summed E-state index contributed by atoms with van der Waals surface area (Å²) in [4.78, 5) is 11.8. The number of Topliss-reactive ketones (excluding diaryl/α,β-unsaturated/α-hetero) is 1. The third-order valence-corrected chi connectivity index (χ3v) is 4.40. The van der Waals surface area contributed by atoms with Gasteiger partial charge in [-0.1, -0.05) is 23.7 Å². The minimum Gasteiger partial charge on any atom is -0.298 e. The van der Waals surface area contributed by atoms with Gasteiger partial charge in [0.25, 0.3) is 0 Å². The molecule has 0 N–H and O–H groups in total. The minimum absolute atomic E-state index is 0.0541. The second-order valence-corrected chi connectivity index (χ2v) is 5.58. The summed E-state index contributed by atoms with van der Waals surface area (Å²) in [5.41, 5.74) is 0.407. The number of benzene rings is 1. The van der Waals surface area contributed by atoms with E-state index in [0.29, 0.717) is 5.56 Å². The fourth-order valence-corrected chi connectivity index (χ4v) is 3.23. The number of thioether (sulfide) groups is 1. The van der Waals surface area contributed by atoms with Crippen molar-refractivity contribution in [2.45, 2.75) is 24.5 Å². The summed E-state index contributed by atoms with van der Waals surface area (Å²) in [6.45, 7) is 0. The number of carbonyl (C=O) groups excluding carboxylic acids is 1. The van der Waals surface area contributed by atoms with Crippen LogP contribution in [0.4, 0.5) is 4.39 Å². The molecular weight excluding hydrogens is 247 g/mol. The van der Waals surface area contributed by atoms with Crippen molar-refractivity contribution in [1.29, 1.82) is 0 Å². The maximum absolute atomic E-state index is 13.6. The van der Waals surface area contributed by atoms with Crippen LogP contribution < -0.4 is 0 Å². The summed E-state index contributed by atoms with van der Waals surface area (Å²) in [5, 5.41) is 0.141. The summed E-state index contributed by atoms with van der Waals surface area (Å²) in [6.07, 6.45) is 2.16. The Balaban J connectivity index is 2.08. The predicted octanol–water partition coefficient (Wildman–Crippen LogP) is 3.49. The molecule has 2 rings (SSSR count). The maximum atomic E-state index is 13.6. The van der Waals surface area contributed by atoms with Gasteiger partial charge in [-0.15, -0.1) is 0 Å². The van der Waals surface area contributed by atoms with Crippen LogP contribution in [0, 0.1) is 5.82 Å². The lowest BCUT2D eigenvalue weighted by Gasteiger charge is -2.08. The molecule has 0 bridgehead atoms. The van der Waals surface area contributed by atoms with Gasteiger partial charge in [0.1, 0.15) is 11.6 Å². The van der Waals surface area contributed by atoms with Gasteiger partial charge in [0.2, 0.25) is 0 Å². The molecule has 86 valence electrons. The molecule has 0 amide bonds. The smallest absolute Gasteiger partial charge is 0.150 e. The molecule has 1 nitrogen and oxygen atoms in total. The van der Waals surface area contributed by atoms with Crippen LogP contribution in [-0.4, -0.2) is 16.8 Å². The molecule has 0 saturated carbocycles. The van der Waals surface area contributed by atoms with Crippen LogP contribution in [0.1, 0.15) is 18.4 Å². The molecule has 1 heterocycles. The molecule has 1 unspecified atom stereocenters. The molecular formula is C12H12ClFOS. The average Bonchev–Trinajstić information content (AvgIpc) is 2.78. The van der Waals surface area contributed by atoms with Crippen molar-refractivity contribution < 1.29 is 9.18 Å². The normalized spacial score (nSPS) is 20.0. The van der Waals surface area contributed by atoms with Gasteiger partial charge in [0, 0.05) is 6.42 Å². The Hall–Kier alpha value is -0.540. The first-order chi connectivity index (χ1) is 7.68. The molecule has 0 aromatic heterocycles. The highest BCUT2D eigenvalue weighted by Crippen LogP contribution is 2.28. The Morgan fingerprint density at radius 1 is 1.56 bits per heavy atom. The summed E-state index contributed by atoms with van der Waals surface area (Å²) < 4.78 is 13.6. The van der Waals surface area contributed by atoms with E-state index in [-0.39, 0.29) is 22.5 Å². The minimum atomic E-state index is -0.458. The molecule has 1 aromatic rings. The highest BCUT2D eigenvalue weighted by molar-refractivity contribution is 8.00. The summed E-state index contributed by atoms with van der Waals surface area (Å²) in [5.74, 6) is 0.693. The molecule has 0 spiro atoms. The zero-order valence-electron chi connectivity index (χ0n) is 8.71. The topological polar surface area (TPSA) is 17.1 Å². The highest BCUT2D eigenvalue weighted by atomic mass is 35.5. The number of halogens is 2. The third kappa shape index (κ3) is 2.58. The lowest BCUT2D eigenvalue weighted by atomic mass is 10.0. The molecule has 1 aromatic carbocycles. The van der Waals surface area contributed by atoms with Crippen LogP contribution in [0.3, 0.4) is 0 Å². The van der Waals surface area contributed by atoms with Crippen molar-refractivity contribution in [3.8, 4) is 0 Å². The first-order valence-corrected chi connectivity index (χ1v) is 6.68. The zero-order chi connectivity index (χ0) is 11.5. The van der Waals surface area contributed by atoms with E-state index in [4.69, 9.17) is 11.6 Å². The Labute approximate surface area is 103 Å². The number of hydrogen-bond acceptors (Lipinski definition) is 2. The fourth-order valence-electron chi connectivity index (χ4n) is 1.82. The van der Waals surface area contributed by atoms with Gasteiger partial charge in [-0.2, -0.15) is 11.8 Å². The van der Waals surface area contributed by atoms with Gasteiger partial charge >= 0.3 is 0 Å². The van der Waals surface area contributed by atoms with Gasteiger partial charge in [0.15, 0.2) is 0 Å². The SMILES string of the molecule is O=C(Cc1cccc(Cl)c1F)C1CCCS1. The zero-order valence-corrected chi connectivity index (χ0v) is 10.3. The highest BCUT2D eigenvalue weighted by Gasteiger charge is 2.24. The fraction of sp³-hybridized carbons (Fsp3) is 0.417. The third-order valence-electron chi connectivity index (χ3n) is 2.69. The van der Waals surface area contributed by atoms with E-state index in [1.165, 1.54) is 6.07 Å². The summed E-state index contributed by atoms with van der Waals surface area (Å²) >= 11 is 7.34. The molecule has 16 heavy (non-hydrogen) atoms. The lowest BCUT2D eigenvalue weighted by molar-refractivity contribution is -0.118. The Morgan fingerprint density at radius 3 is 3.06 bits per heavy atom. The molecule has 1 aliphatic rings. The van der Waals surface area contributed by atoms with E-state index in [9.17, 15) is 9.18 Å². The quantitative estimate of drug-likeness (QED) is 0.826. The first kappa shape index (κ1) is 11.9. The second kappa shape index (κ2) is 5.19. The number of rotatable bonds is 3. The number of ketones is 1. The largest absolute Gasteiger partial charge is 0.298 e. The van der Waals surface area contributed by atoms with E-state index < -0.39 is 5.82 Å². The van der Waals surface area contributed by atoms with Crippen molar-refractivity contribution in [3.63, 3.8) is 0 Å². The lowest BCUT2D eigenvalue weighted by Crippen LogP contribution is -2.17. The first-order valence-electron chi connectivity index (χ1n) is 5.25. The molecule has 4 heteroatoms. The Morgan fingerprint density at radius 2 is 2.38 bits per heavy atom. The molecule has 1 saturated heterocycles. The number of carbonyl (C=O) groups is 1. The van der Waals surface area contributed by atoms with E-state index >= 15 is 0 Å². The van der Waals surface area contributed by atoms with Gasteiger partial charge < -0.3 is 0 Å². The Kier molecular flexibility index (Phi) is 3.87. The standard InChI is InChI=1S/C12H12ClFOS/c13-9-4-1-3-8(12(9)14)7-10(15)11-5-2-6-16-11/h1,3-4,11H,2,5-7H2. The van der Waals surface area contributed by atoms with E-state index in [2.05, 4.69) is 0 Å². The van der Waals surface area contributed by atoms with Crippen molar-refractivity contribution in [3.05, 3.63) is 34.6 Å². The van der Waals surface area contributed by atoms with Crippen LogP contribution in [0.15, 0.2) is 18.2 Å². The van der Waals surface area contributed by atoms with Crippen LogP contribution in [0.2, 0.25) is 5.02 Å². The Bertz CT molecular complexity index is 402. The molecule has 0 radical (unpaired) electrons. The van der Waals surface area contributed by atoms with E-state index in [1.807, 2.05) is 0 Å². The molecule has 0 aliphatic carbocycles. The van der Waals surface area contributed by atoms with Crippen molar-refractivity contribution >= 4 is 29.1 Å². The summed E-state index contributed by atoms with van der Waals surface area (Å²) in [6, 6.07) is 4.80. The van der Waals surface area contributed by atoms with Gasteiger partial charge in [-0.25, -0.2) is 4.39 Å². The van der Waals surface area contributed by atoms with Crippen molar-refractivity contribution in [1.82, 2.24) is 0 Å². The number of hydrogen-bond donors (Lipinski definition) is 0. The average molecular weight is 259 g/mol. The molecule has 1 fully saturated rings. The molecule has 1 atom stereocenters. The van der Waals surface area contributed by atoms with E-state index in [0.717, 1.165) is 18.6 Å². The van der Waals surface area contributed by atoms with Crippen molar-refractivity contribution in [2.24, 2.45) is 0 Å². The van der Waals surface area contributed by atoms with Crippen LogP contribution in [-0.2, 0) is 11.2 Å². The molecule has 1 aliphatic heterocycles.